The highest BCUT2D eigenvalue weighted by atomic mass is 32.2. The number of carbonyl (C=O) groups is 1. The lowest BCUT2D eigenvalue weighted by atomic mass is 10.1. The van der Waals surface area contributed by atoms with Gasteiger partial charge in [0, 0.05) is 5.75 Å². The summed E-state index contributed by atoms with van der Waals surface area (Å²) in [7, 11) is 0. The van der Waals surface area contributed by atoms with Crippen LogP contribution in [0.4, 0.5) is 0 Å². The summed E-state index contributed by atoms with van der Waals surface area (Å²) in [6.07, 6.45) is 1.90. The van der Waals surface area contributed by atoms with Crippen molar-refractivity contribution < 1.29 is 9.53 Å². The molecule has 0 aromatic heterocycles. The lowest BCUT2D eigenvalue weighted by molar-refractivity contribution is -0.114. The molecule has 0 saturated heterocycles. The minimum atomic E-state index is -0.423. The molecule has 3 nitrogen and oxygen atoms in total. The highest BCUT2D eigenvalue weighted by Gasteiger charge is 2.18. The van der Waals surface area contributed by atoms with E-state index in [-0.39, 0.29) is 0 Å². The van der Waals surface area contributed by atoms with Crippen LogP contribution in [-0.4, -0.2) is 11.7 Å². The number of benzene rings is 1. The van der Waals surface area contributed by atoms with Crippen LogP contribution in [0.5, 0.6) is 0 Å². The van der Waals surface area contributed by atoms with E-state index in [1.807, 2.05) is 38.1 Å². The summed E-state index contributed by atoms with van der Waals surface area (Å²) < 4.78 is 5.75. The summed E-state index contributed by atoms with van der Waals surface area (Å²) in [5, 5.41) is 0. The Kier molecular flexibility index (Phi) is 4.32. The second-order valence-electron chi connectivity index (χ2n) is 4.61. The van der Waals surface area contributed by atoms with Gasteiger partial charge in [-0.3, -0.25) is 4.79 Å². The molecule has 0 saturated carbocycles. The van der Waals surface area contributed by atoms with Crippen molar-refractivity contribution in [2.24, 2.45) is 5.73 Å². The van der Waals surface area contributed by atoms with Gasteiger partial charge in [-0.05, 0) is 25.5 Å². The van der Waals surface area contributed by atoms with Crippen molar-refractivity contribution in [1.82, 2.24) is 0 Å². The topological polar surface area (TPSA) is 52.3 Å². The van der Waals surface area contributed by atoms with Gasteiger partial charge in [0.15, 0.2) is 0 Å². The number of amides is 1. The molecule has 1 heterocycles. The molecular formula is C15H17NO2S. The highest BCUT2D eigenvalue weighted by Crippen LogP contribution is 2.29. The zero-order chi connectivity index (χ0) is 13.8. The predicted molar refractivity (Wildman–Crippen MR) is 78.4 cm³/mol. The van der Waals surface area contributed by atoms with Crippen LogP contribution in [0.2, 0.25) is 0 Å². The fraction of sp³-hybridized carbons (Fsp3) is 0.267. The normalized spacial score (nSPS) is 15.2. The number of nitrogens with two attached hydrogens (primary N) is 1. The van der Waals surface area contributed by atoms with Crippen LogP contribution in [0.25, 0.3) is 0 Å². The van der Waals surface area contributed by atoms with Gasteiger partial charge in [0.1, 0.15) is 17.3 Å². The molecule has 2 rings (SSSR count). The molecule has 0 aliphatic carbocycles. The lowest BCUT2D eigenvalue weighted by Crippen LogP contribution is -2.17. The van der Waals surface area contributed by atoms with Crippen molar-refractivity contribution in [2.75, 3.05) is 5.75 Å². The van der Waals surface area contributed by atoms with Crippen LogP contribution in [0.1, 0.15) is 18.1 Å². The third-order valence-corrected chi connectivity index (χ3v) is 4.04. The van der Waals surface area contributed by atoms with Gasteiger partial charge in [0.05, 0.1) is 0 Å². The number of hydrogen-bond acceptors (Lipinski definition) is 3. The van der Waals surface area contributed by atoms with Gasteiger partial charge in [0.25, 0.3) is 5.91 Å². The molecule has 0 fully saturated rings. The molecule has 2 N–H and O–H groups in total. The van der Waals surface area contributed by atoms with E-state index in [9.17, 15) is 4.79 Å². The third kappa shape index (κ3) is 3.64. The number of carbonyl (C=O) groups excluding carboxylic acids is 1. The molecule has 0 atom stereocenters. The Bertz CT molecular complexity index is 561. The maximum atomic E-state index is 11.4. The molecule has 4 heteroatoms. The van der Waals surface area contributed by atoms with Crippen molar-refractivity contribution in [3.05, 3.63) is 57.7 Å². The van der Waals surface area contributed by atoms with E-state index in [0.29, 0.717) is 17.3 Å². The molecule has 1 aliphatic rings. The number of hydrogen-bond donors (Lipinski definition) is 1. The van der Waals surface area contributed by atoms with E-state index >= 15 is 0 Å². The minimum Gasteiger partial charge on any atom is -0.488 e. The summed E-state index contributed by atoms with van der Waals surface area (Å²) in [5.41, 5.74) is 8.82. The molecule has 0 radical (unpaired) electrons. The van der Waals surface area contributed by atoms with Gasteiger partial charge >= 0.3 is 0 Å². The van der Waals surface area contributed by atoms with Gasteiger partial charge in [-0.25, -0.2) is 0 Å². The largest absolute Gasteiger partial charge is 0.488 e. The first kappa shape index (κ1) is 13.7. The van der Waals surface area contributed by atoms with Crippen LogP contribution in [0, 0.1) is 6.92 Å². The number of ether oxygens (including phenoxy) is 1. The molecule has 1 aromatic carbocycles. The molecular weight excluding hydrogens is 258 g/mol. The summed E-state index contributed by atoms with van der Waals surface area (Å²) >= 11 is 1.44. The molecule has 1 aromatic rings. The average Bonchev–Trinajstić information content (AvgIpc) is 2.36. The van der Waals surface area contributed by atoms with Gasteiger partial charge in [-0.1, -0.05) is 35.4 Å². The van der Waals surface area contributed by atoms with Crippen LogP contribution in [0.15, 0.2) is 46.6 Å². The first-order valence-corrected chi connectivity index (χ1v) is 7.07. The number of thioether (sulfide) groups is 1. The van der Waals surface area contributed by atoms with Gasteiger partial charge in [-0.15, -0.1) is 11.8 Å². The number of primary amides is 1. The Morgan fingerprint density at radius 3 is 2.89 bits per heavy atom. The van der Waals surface area contributed by atoms with E-state index in [1.54, 1.807) is 0 Å². The molecule has 1 aliphatic heterocycles. The van der Waals surface area contributed by atoms with Crippen LogP contribution < -0.4 is 5.73 Å². The average molecular weight is 275 g/mol. The SMILES string of the molecule is CC1=CC(OCc2cccc(C)c2)=C(C(N)=O)SC1. The zero-order valence-electron chi connectivity index (χ0n) is 11.1. The maximum absolute atomic E-state index is 11.4. The smallest absolute Gasteiger partial charge is 0.258 e. The first-order chi connectivity index (χ1) is 9.06. The summed E-state index contributed by atoms with van der Waals surface area (Å²) in [5.74, 6) is 0.950. The molecule has 0 spiro atoms. The molecule has 19 heavy (non-hydrogen) atoms. The van der Waals surface area contributed by atoms with Crippen LogP contribution in [0.3, 0.4) is 0 Å². The van der Waals surface area contributed by atoms with Crippen molar-refractivity contribution in [2.45, 2.75) is 20.5 Å². The number of allylic oxidation sites excluding steroid dienone is 1. The van der Waals surface area contributed by atoms with E-state index in [1.165, 1.54) is 22.9 Å². The fourth-order valence-electron chi connectivity index (χ4n) is 1.85. The van der Waals surface area contributed by atoms with E-state index < -0.39 is 5.91 Å². The summed E-state index contributed by atoms with van der Waals surface area (Å²) in [6, 6.07) is 8.10. The fourth-order valence-corrected chi connectivity index (χ4v) is 2.71. The zero-order valence-corrected chi connectivity index (χ0v) is 11.9. The van der Waals surface area contributed by atoms with Gasteiger partial charge < -0.3 is 10.5 Å². The molecule has 0 unspecified atom stereocenters. The van der Waals surface area contributed by atoms with Crippen molar-refractivity contribution in [1.29, 1.82) is 0 Å². The Morgan fingerprint density at radius 1 is 1.42 bits per heavy atom. The number of rotatable bonds is 4. The van der Waals surface area contributed by atoms with Crippen molar-refractivity contribution >= 4 is 17.7 Å². The third-order valence-electron chi connectivity index (χ3n) is 2.75. The summed E-state index contributed by atoms with van der Waals surface area (Å²) in [4.78, 5) is 11.9. The Morgan fingerprint density at radius 2 is 2.21 bits per heavy atom. The number of aryl methyl sites for hydroxylation is 1. The molecule has 0 bridgehead atoms. The molecule has 1 amide bonds. The maximum Gasteiger partial charge on any atom is 0.258 e. The Balaban J connectivity index is 2.14. The predicted octanol–water partition coefficient (Wildman–Crippen LogP) is 2.90. The van der Waals surface area contributed by atoms with Crippen LogP contribution in [-0.2, 0) is 16.1 Å². The van der Waals surface area contributed by atoms with Gasteiger partial charge in [0.2, 0.25) is 0 Å². The highest BCUT2D eigenvalue weighted by molar-refractivity contribution is 8.04. The van der Waals surface area contributed by atoms with Crippen molar-refractivity contribution in [3.63, 3.8) is 0 Å². The van der Waals surface area contributed by atoms with E-state index in [4.69, 9.17) is 10.5 Å². The molecule has 100 valence electrons. The standard InChI is InChI=1S/C15H17NO2S/c1-10-4-3-5-12(6-10)8-18-13-7-11(2)9-19-14(13)15(16)17/h3-7H,8-9H2,1-2H3,(H2,16,17). The second-order valence-corrected chi connectivity index (χ2v) is 5.60. The minimum absolute atomic E-state index is 0.423. The Labute approximate surface area is 117 Å². The van der Waals surface area contributed by atoms with E-state index in [2.05, 4.69) is 6.07 Å². The monoisotopic (exact) mass is 275 g/mol. The summed E-state index contributed by atoms with van der Waals surface area (Å²) in [6.45, 7) is 4.50. The Hall–Kier alpha value is -1.68. The second kappa shape index (κ2) is 5.97. The van der Waals surface area contributed by atoms with E-state index in [0.717, 1.165) is 11.3 Å². The van der Waals surface area contributed by atoms with Gasteiger partial charge in [-0.2, -0.15) is 0 Å². The van der Waals surface area contributed by atoms with Crippen molar-refractivity contribution in [3.8, 4) is 0 Å². The first-order valence-electron chi connectivity index (χ1n) is 6.08. The van der Waals surface area contributed by atoms with Crippen LogP contribution >= 0.6 is 11.8 Å². The lowest BCUT2D eigenvalue weighted by Gasteiger charge is -2.17. The quantitative estimate of drug-likeness (QED) is 0.919.